The highest BCUT2D eigenvalue weighted by molar-refractivity contribution is 6.30. The predicted octanol–water partition coefficient (Wildman–Crippen LogP) is 2.88. The Hall–Kier alpha value is -0.770. The molecule has 1 aromatic carbocycles. The molecule has 0 amide bonds. The maximum atomic E-state index is 6.50. The van der Waals surface area contributed by atoms with Gasteiger partial charge in [-0.25, -0.2) is 0 Å². The lowest BCUT2D eigenvalue weighted by Crippen LogP contribution is -2.55. The fourth-order valence-electron chi connectivity index (χ4n) is 2.86. The molecule has 0 spiro atoms. The zero-order chi connectivity index (χ0) is 14.9. The monoisotopic (exact) mass is 296 g/mol. The van der Waals surface area contributed by atoms with Crippen molar-refractivity contribution in [2.45, 2.75) is 44.7 Å². The summed E-state index contributed by atoms with van der Waals surface area (Å²) < 4.78 is 5.76. The predicted molar refractivity (Wildman–Crippen MR) is 84.7 cm³/mol. The largest absolute Gasteiger partial charge is 0.493 e. The zero-order valence-electron chi connectivity index (χ0n) is 12.9. The van der Waals surface area contributed by atoms with Gasteiger partial charge in [0.15, 0.2) is 0 Å². The number of ether oxygens (including phenoxy) is 1. The molecular formula is C16H25ClN2O. The summed E-state index contributed by atoms with van der Waals surface area (Å²) in [4.78, 5) is 2.21. The molecule has 4 heteroatoms. The Morgan fingerprint density at radius 3 is 2.75 bits per heavy atom. The number of halogens is 1. The third kappa shape index (κ3) is 2.80. The molecule has 1 aliphatic rings. The van der Waals surface area contributed by atoms with Crippen molar-refractivity contribution in [1.82, 2.24) is 4.90 Å². The highest BCUT2D eigenvalue weighted by Crippen LogP contribution is 2.35. The summed E-state index contributed by atoms with van der Waals surface area (Å²) in [5.41, 5.74) is 8.81. The van der Waals surface area contributed by atoms with Gasteiger partial charge < -0.3 is 15.4 Å². The quantitative estimate of drug-likeness (QED) is 0.908. The van der Waals surface area contributed by atoms with Crippen LogP contribution in [0.1, 0.15) is 31.4 Å². The first kappa shape index (κ1) is 15.6. The summed E-state index contributed by atoms with van der Waals surface area (Å²) in [5, 5.41) is 0.777. The Morgan fingerprint density at radius 2 is 2.15 bits per heavy atom. The van der Waals surface area contributed by atoms with Gasteiger partial charge in [-0.05, 0) is 57.1 Å². The summed E-state index contributed by atoms with van der Waals surface area (Å²) in [5.74, 6) is 1.00. The van der Waals surface area contributed by atoms with Crippen LogP contribution in [0.25, 0.3) is 0 Å². The second-order valence-electron chi connectivity index (χ2n) is 6.07. The molecule has 0 aliphatic carbocycles. The molecule has 0 bridgehead atoms. The molecule has 0 saturated carbocycles. The number of rotatable bonds is 5. The minimum Gasteiger partial charge on any atom is -0.493 e. The highest BCUT2D eigenvalue weighted by Gasteiger charge is 2.33. The van der Waals surface area contributed by atoms with Crippen LogP contribution in [-0.4, -0.2) is 37.2 Å². The van der Waals surface area contributed by atoms with Crippen LogP contribution >= 0.6 is 11.6 Å². The Labute approximate surface area is 127 Å². The second-order valence-corrected chi connectivity index (χ2v) is 6.50. The van der Waals surface area contributed by atoms with E-state index in [1.165, 1.54) is 5.56 Å². The van der Waals surface area contributed by atoms with Gasteiger partial charge in [0.1, 0.15) is 5.75 Å². The molecule has 2 N–H and O–H groups in total. The molecule has 2 rings (SSSR count). The number of hydrogen-bond donors (Lipinski definition) is 1. The van der Waals surface area contributed by atoms with E-state index < -0.39 is 0 Å². The smallest absolute Gasteiger partial charge is 0.125 e. The van der Waals surface area contributed by atoms with E-state index in [1.807, 2.05) is 12.1 Å². The lowest BCUT2D eigenvalue weighted by Gasteiger charge is -2.41. The van der Waals surface area contributed by atoms with E-state index >= 15 is 0 Å². The number of hydrogen-bond acceptors (Lipinski definition) is 3. The Balaban J connectivity index is 2.26. The molecule has 2 unspecified atom stereocenters. The van der Waals surface area contributed by atoms with Crippen LogP contribution in [0, 0.1) is 0 Å². The van der Waals surface area contributed by atoms with Crippen LogP contribution in [-0.2, 0) is 12.8 Å². The van der Waals surface area contributed by atoms with Gasteiger partial charge in [0.2, 0.25) is 0 Å². The summed E-state index contributed by atoms with van der Waals surface area (Å²) in [6, 6.07) is 4.04. The Bertz CT molecular complexity index is 490. The van der Waals surface area contributed by atoms with Crippen LogP contribution < -0.4 is 10.5 Å². The average molecular weight is 297 g/mol. The number of fused-ring (bicyclic) bond motifs is 1. The number of likely N-dealkylation sites (N-methyl/N-ethyl adjacent to an activating group) is 1. The molecule has 0 saturated heterocycles. The molecule has 2 atom stereocenters. The summed E-state index contributed by atoms with van der Waals surface area (Å²) >= 11 is 6.22. The third-order valence-corrected chi connectivity index (χ3v) is 5.02. The van der Waals surface area contributed by atoms with Gasteiger partial charge in [-0.2, -0.15) is 0 Å². The molecule has 1 heterocycles. The molecular weight excluding hydrogens is 272 g/mol. The minimum absolute atomic E-state index is 0.0339. The van der Waals surface area contributed by atoms with E-state index in [1.54, 1.807) is 0 Å². The van der Waals surface area contributed by atoms with Crippen molar-refractivity contribution in [2.24, 2.45) is 5.73 Å². The number of benzene rings is 1. The molecule has 0 fully saturated rings. The second kappa shape index (κ2) is 5.92. The van der Waals surface area contributed by atoms with Gasteiger partial charge >= 0.3 is 0 Å². The zero-order valence-corrected chi connectivity index (χ0v) is 13.6. The summed E-state index contributed by atoms with van der Waals surface area (Å²) in [6.45, 7) is 5.14. The van der Waals surface area contributed by atoms with E-state index in [0.29, 0.717) is 0 Å². The van der Waals surface area contributed by atoms with Crippen molar-refractivity contribution in [3.8, 4) is 5.75 Å². The first-order chi connectivity index (χ1) is 9.38. The standard InChI is InChI=1S/C16H25ClN2O/c1-5-16(2,19(3)4)14(18)10-12-9-13(17)8-11-6-7-20-15(11)12/h8-9,14H,5-7,10,18H2,1-4H3. The normalized spacial score (nSPS) is 18.6. The van der Waals surface area contributed by atoms with Crippen molar-refractivity contribution in [2.75, 3.05) is 20.7 Å². The molecule has 1 aromatic rings. The molecule has 3 nitrogen and oxygen atoms in total. The van der Waals surface area contributed by atoms with Crippen molar-refractivity contribution >= 4 is 11.6 Å². The molecule has 20 heavy (non-hydrogen) atoms. The van der Waals surface area contributed by atoms with Crippen LogP contribution in [0.3, 0.4) is 0 Å². The summed E-state index contributed by atoms with van der Waals surface area (Å²) in [6.07, 6.45) is 2.73. The average Bonchev–Trinajstić information content (AvgIpc) is 2.85. The maximum Gasteiger partial charge on any atom is 0.125 e. The van der Waals surface area contributed by atoms with Crippen LogP contribution in [0.2, 0.25) is 5.02 Å². The van der Waals surface area contributed by atoms with E-state index in [2.05, 4.69) is 32.8 Å². The van der Waals surface area contributed by atoms with E-state index in [4.69, 9.17) is 22.1 Å². The Kier molecular flexibility index (Phi) is 4.62. The molecule has 112 valence electrons. The van der Waals surface area contributed by atoms with Gasteiger partial charge in [0.25, 0.3) is 0 Å². The van der Waals surface area contributed by atoms with Crippen LogP contribution in [0.15, 0.2) is 12.1 Å². The van der Waals surface area contributed by atoms with E-state index in [0.717, 1.165) is 42.2 Å². The van der Waals surface area contributed by atoms with Gasteiger partial charge in [-0.1, -0.05) is 18.5 Å². The third-order valence-electron chi connectivity index (χ3n) is 4.80. The molecule has 0 radical (unpaired) electrons. The fraction of sp³-hybridized carbons (Fsp3) is 0.625. The van der Waals surface area contributed by atoms with Crippen LogP contribution in [0.5, 0.6) is 5.75 Å². The van der Waals surface area contributed by atoms with Crippen LogP contribution in [0.4, 0.5) is 0 Å². The highest BCUT2D eigenvalue weighted by atomic mass is 35.5. The van der Waals surface area contributed by atoms with Gasteiger partial charge in [0, 0.05) is 23.0 Å². The lowest BCUT2D eigenvalue weighted by atomic mass is 9.84. The van der Waals surface area contributed by atoms with E-state index in [9.17, 15) is 0 Å². The topological polar surface area (TPSA) is 38.5 Å². The Morgan fingerprint density at radius 1 is 1.45 bits per heavy atom. The van der Waals surface area contributed by atoms with Crippen molar-refractivity contribution in [1.29, 1.82) is 0 Å². The van der Waals surface area contributed by atoms with Crippen molar-refractivity contribution in [3.63, 3.8) is 0 Å². The van der Waals surface area contributed by atoms with Gasteiger partial charge in [0.05, 0.1) is 6.61 Å². The first-order valence-corrected chi connectivity index (χ1v) is 7.63. The van der Waals surface area contributed by atoms with E-state index in [-0.39, 0.29) is 11.6 Å². The lowest BCUT2D eigenvalue weighted by molar-refractivity contribution is 0.131. The van der Waals surface area contributed by atoms with Crippen molar-refractivity contribution in [3.05, 3.63) is 28.3 Å². The fourth-order valence-corrected chi connectivity index (χ4v) is 3.13. The summed E-state index contributed by atoms with van der Waals surface area (Å²) in [7, 11) is 4.17. The maximum absolute atomic E-state index is 6.50. The SMILES string of the molecule is CCC(C)(C(N)Cc1cc(Cl)cc2c1OCC2)N(C)C. The minimum atomic E-state index is -0.0339. The molecule has 0 aromatic heterocycles. The van der Waals surface area contributed by atoms with Gasteiger partial charge in [-0.3, -0.25) is 0 Å². The van der Waals surface area contributed by atoms with Crippen molar-refractivity contribution < 1.29 is 4.74 Å². The first-order valence-electron chi connectivity index (χ1n) is 7.25. The number of nitrogens with two attached hydrogens (primary N) is 1. The molecule has 1 aliphatic heterocycles. The van der Waals surface area contributed by atoms with Gasteiger partial charge in [-0.15, -0.1) is 0 Å². The number of nitrogens with zero attached hydrogens (tertiary/aromatic N) is 1.